The van der Waals surface area contributed by atoms with Crippen molar-refractivity contribution in [1.29, 1.82) is 0 Å². The zero-order valence-electron chi connectivity index (χ0n) is 4.57. The highest BCUT2D eigenvalue weighted by atomic mass is 28.1. The lowest BCUT2D eigenvalue weighted by atomic mass is 10.3. The number of hydrogen-bond acceptors (Lipinski definition) is 0. The summed E-state index contributed by atoms with van der Waals surface area (Å²) in [5, 5.41) is 0. The predicted molar refractivity (Wildman–Crippen MR) is 34.0 cm³/mol. The predicted octanol–water partition coefficient (Wildman–Crippen LogP) is 0.666. The molecule has 0 bridgehead atoms. The molecule has 0 spiro atoms. The van der Waals surface area contributed by atoms with Crippen LogP contribution in [0.3, 0.4) is 0 Å². The Labute approximate surface area is 42.7 Å². The van der Waals surface area contributed by atoms with Crippen LogP contribution in [0.15, 0.2) is 11.8 Å². The van der Waals surface area contributed by atoms with Crippen LogP contribution in [0.4, 0.5) is 0 Å². The minimum absolute atomic E-state index is 1.22. The van der Waals surface area contributed by atoms with E-state index in [9.17, 15) is 0 Å². The molecule has 0 heterocycles. The smallest absolute Gasteiger partial charge is 0.0287 e. The van der Waals surface area contributed by atoms with Crippen LogP contribution in [0.25, 0.3) is 0 Å². The first-order chi connectivity index (χ1) is 2.91. The van der Waals surface area contributed by atoms with Gasteiger partial charge in [-0.05, 0) is 6.42 Å². The Morgan fingerprint density at radius 2 is 2.33 bits per heavy atom. The molecule has 0 aromatic heterocycles. The Bertz CT molecular complexity index is 39.2. The summed E-state index contributed by atoms with van der Waals surface area (Å²) in [6, 6.07) is 0. The van der Waals surface area contributed by atoms with Crippen molar-refractivity contribution >= 4 is 10.2 Å². The molecule has 6 heavy (non-hydrogen) atoms. The molecule has 0 atom stereocenters. The minimum atomic E-state index is 1.22. The average molecular weight is 100 g/mol. The lowest BCUT2D eigenvalue weighted by Gasteiger charge is -1.76. The molecule has 36 valence electrons. The quantitative estimate of drug-likeness (QED) is 0.447. The van der Waals surface area contributed by atoms with E-state index in [1.165, 1.54) is 23.1 Å². The third-order valence-corrected chi connectivity index (χ3v) is 1.16. The Hall–Kier alpha value is -0.0431. The van der Waals surface area contributed by atoms with E-state index in [2.05, 4.69) is 18.7 Å². The van der Waals surface area contributed by atoms with Crippen molar-refractivity contribution in [3.05, 3.63) is 11.8 Å². The fraction of sp³-hybridized carbons (Fsp3) is 0.600. The fourth-order valence-electron chi connectivity index (χ4n) is 0.333. The Kier molecular flexibility index (Phi) is 4.92. The van der Waals surface area contributed by atoms with Gasteiger partial charge >= 0.3 is 0 Å². The van der Waals surface area contributed by atoms with E-state index in [1.807, 2.05) is 0 Å². The van der Waals surface area contributed by atoms with E-state index in [4.69, 9.17) is 0 Å². The van der Waals surface area contributed by atoms with Crippen molar-refractivity contribution < 1.29 is 0 Å². The van der Waals surface area contributed by atoms with Gasteiger partial charge in [0.2, 0.25) is 0 Å². The first-order valence-electron chi connectivity index (χ1n) is 2.53. The van der Waals surface area contributed by atoms with Crippen LogP contribution in [0.5, 0.6) is 0 Å². The lowest BCUT2D eigenvalue weighted by Crippen LogP contribution is -1.58. The number of allylic oxidation sites excluding steroid dienone is 1. The standard InChI is InChI=1S/C5H12Si/c1-2-3-4-5-6/h4-5H,2-3H2,1,6H3/b5-4+. The van der Waals surface area contributed by atoms with Gasteiger partial charge in [-0.15, -0.1) is 5.70 Å². The second-order valence-corrected chi connectivity index (χ2v) is 2.02. The van der Waals surface area contributed by atoms with E-state index < -0.39 is 0 Å². The molecule has 0 aromatic carbocycles. The SMILES string of the molecule is CCC/C=C/[SiH3]. The summed E-state index contributed by atoms with van der Waals surface area (Å²) in [4.78, 5) is 0. The molecule has 0 aliphatic rings. The molecule has 0 aliphatic heterocycles. The number of unbranched alkanes of at least 4 members (excludes halogenated alkanes) is 1. The largest absolute Gasteiger partial charge is 0.109 e. The summed E-state index contributed by atoms with van der Waals surface area (Å²) in [5.41, 5.74) is 2.23. The lowest BCUT2D eigenvalue weighted by molar-refractivity contribution is 0.960. The molecule has 0 saturated carbocycles. The van der Waals surface area contributed by atoms with E-state index in [-0.39, 0.29) is 0 Å². The average Bonchev–Trinajstić information content (AvgIpc) is 1.61. The van der Waals surface area contributed by atoms with Crippen molar-refractivity contribution in [1.82, 2.24) is 0 Å². The fourth-order valence-corrected chi connectivity index (χ4v) is 0.667. The topological polar surface area (TPSA) is 0 Å². The van der Waals surface area contributed by atoms with Crippen LogP contribution in [0, 0.1) is 0 Å². The van der Waals surface area contributed by atoms with Crippen molar-refractivity contribution in [2.75, 3.05) is 0 Å². The second kappa shape index (κ2) is 4.96. The first kappa shape index (κ1) is 5.96. The molecule has 0 amide bonds. The Balaban J connectivity index is 2.66. The molecule has 0 radical (unpaired) electrons. The molecule has 0 aromatic rings. The summed E-state index contributed by atoms with van der Waals surface area (Å²) in [5.74, 6) is 0. The monoisotopic (exact) mass is 100 g/mol. The number of hydrogen-bond donors (Lipinski definition) is 0. The molecular weight excluding hydrogens is 88.1 g/mol. The van der Waals surface area contributed by atoms with Crippen molar-refractivity contribution in [2.24, 2.45) is 0 Å². The van der Waals surface area contributed by atoms with Crippen LogP contribution < -0.4 is 0 Å². The van der Waals surface area contributed by atoms with Gasteiger partial charge in [0.15, 0.2) is 0 Å². The summed E-state index contributed by atoms with van der Waals surface area (Å²) in [6.07, 6.45) is 4.80. The van der Waals surface area contributed by atoms with Crippen LogP contribution in [0.1, 0.15) is 19.8 Å². The molecule has 0 rings (SSSR count). The third-order valence-electron chi connectivity index (χ3n) is 0.691. The van der Waals surface area contributed by atoms with Crippen LogP contribution in [-0.2, 0) is 0 Å². The van der Waals surface area contributed by atoms with Gasteiger partial charge < -0.3 is 0 Å². The van der Waals surface area contributed by atoms with Crippen LogP contribution in [0.2, 0.25) is 0 Å². The van der Waals surface area contributed by atoms with Gasteiger partial charge in [0, 0.05) is 10.2 Å². The zero-order chi connectivity index (χ0) is 4.83. The highest BCUT2D eigenvalue weighted by Crippen LogP contribution is 1.84. The maximum Gasteiger partial charge on any atom is 0.0287 e. The highest BCUT2D eigenvalue weighted by Gasteiger charge is 1.64. The first-order valence-corrected chi connectivity index (χ1v) is 3.68. The normalized spacial score (nSPS) is 10.8. The van der Waals surface area contributed by atoms with Crippen molar-refractivity contribution in [3.8, 4) is 0 Å². The molecule has 0 unspecified atom stereocenters. The van der Waals surface area contributed by atoms with Gasteiger partial charge in [-0.1, -0.05) is 19.4 Å². The summed E-state index contributed by atoms with van der Waals surface area (Å²) in [6.45, 7) is 2.20. The van der Waals surface area contributed by atoms with Gasteiger partial charge in [0.25, 0.3) is 0 Å². The molecule has 0 fully saturated rings. The summed E-state index contributed by atoms with van der Waals surface area (Å²) < 4.78 is 0. The van der Waals surface area contributed by atoms with Gasteiger partial charge in [-0.3, -0.25) is 0 Å². The van der Waals surface area contributed by atoms with Crippen molar-refractivity contribution in [2.45, 2.75) is 19.8 Å². The Morgan fingerprint density at radius 1 is 1.67 bits per heavy atom. The van der Waals surface area contributed by atoms with Crippen molar-refractivity contribution in [3.63, 3.8) is 0 Å². The number of rotatable bonds is 2. The maximum absolute atomic E-state index is 2.24. The van der Waals surface area contributed by atoms with E-state index in [0.717, 1.165) is 0 Å². The molecule has 0 N–H and O–H groups in total. The third kappa shape index (κ3) is 3.96. The van der Waals surface area contributed by atoms with E-state index >= 15 is 0 Å². The zero-order valence-corrected chi connectivity index (χ0v) is 6.57. The summed E-state index contributed by atoms with van der Waals surface area (Å²) >= 11 is 0. The maximum atomic E-state index is 2.24. The summed E-state index contributed by atoms with van der Waals surface area (Å²) in [7, 11) is 1.22. The molecule has 0 saturated heterocycles. The molecule has 1 heteroatoms. The van der Waals surface area contributed by atoms with E-state index in [0.29, 0.717) is 0 Å². The van der Waals surface area contributed by atoms with E-state index in [1.54, 1.807) is 0 Å². The molecule has 0 aliphatic carbocycles. The minimum Gasteiger partial charge on any atom is -0.109 e. The van der Waals surface area contributed by atoms with Gasteiger partial charge in [0.05, 0.1) is 0 Å². The van der Waals surface area contributed by atoms with Gasteiger partial charge in [-0.2, -0.15) is 0 Å². The molecular formula is C5H12Si. The van der Waals surface area contributed by atoms with Gasteiger partial charge in [-0.25, -0.2) is 0 Å². The highest BCUT2D eigenvalue weighted by molar-refractivity contribution is 6.16. The second-order valence-electron chi connectivity index (χ2n) is 1.36. The van der Waals surface area contributed by atoms with Crippen LogP contribution in [-0.4, -0.2) is 10.2 Å². The van der Waals surface area contributed by atoms with Gasteiger partial charge in [0.1, 0.15) is 0 Å². The Morgan fingerprint density at radius 3 is 2.50 bits per heavy atom. The van der Waals surface area contributed by atoms with Crippen LogP contribution >= 0.6 is 0 Å². The molecule has 0 nitrogen and oxygen atoms in total.